The smallest absolute Gasteiger partial charge is 0.289 e. The molecule has 1 aliphatic rings. The summed E-state index contributed by atoms with van der Waals surface area (Å²) in [5, 5.41) is 11.8. The fraction of sp³-hybridized carbons (Fsp3) is 0.667. The predicted molar refractivity (Wildman–Crippen MR) is 50.9 cm³/mol. The largest absolute Gasteiger partial charge is 0.494 e. The quantitative estimate of drug-likeness (QED) is 0.617. The highest BCUT2D eigenvalue weighted by molar-refractivity contribution is 5.91. The SMILES string of the molecule is COCC(O)CNC(=O)C1=COCCO1. The maximum absolute atomic E-state index is 11.4. The van der Waals surface area contributed by atoms with Gasteiger partial charge in [-0.2, -0.15) is 0 Å². The molecule has 15 heavy (non-hydrogen) atoms. The number of methoxy groups -OCH3 is 1. The van der Waals surface area contributed by atoms with Gasteiger partial charge in [0.2, 0.25) is 5.76 Å². The first-order valence-electron chi connectivity index (χ1n) is 4.64. The fourth-order valence-corrected chi connectivity index (χ4v) is 1.04. The Kier molecular flexibility index (Phi) is 4.92. The molecule has 0 bridgehead atoms. The lowest BCUT2D eigenvalue weighted by Gasteiger charge is -2.16. The van der Waals surface area contributed by atoms with Crippen LogP contribution in [0, 0.1) is 0 Å². The Labute approximate surface area is 87.8 Å². The van der Waals surface area contributed by atoms with E-state index >= 15 is 0 Å². The van der Waals surface area contributed by atoms with Crippen molar-refractivity contribution in [3.63, 3.8) is 0 Å². The number of ether oxygens (including phenoxy) is 3. The van der Waals surface area contributed by atoms with Gasteiger partial charge in [0.15, 0.2) is 0 Å². The average molecular weight is 217 g/mol. The van der Waals surface area contributed by atoms with Crippen molar-refractivity contribution >= 4 is 5.91 Å². The molecule has 0 saturated heterocycles. The molecule has 2 N–H and O–H groups in total. The van der Waals surface area contributed by atoms with Crippen LogP contribution in [-0.4, -0.2) is 50.6 Å². The summed E-state index contributed by atoms with van der Waals surface area (Å²) in [7, 11) is 1.48. The Morgan fingerprint density at radius 3 is 3.13 bits per heavy atom. The molecule has 1 unspecified atom stereocenters. The van der Waals surface area contributed by atoms with Crippen LogP contribution >= 0.6 is 0 Å². The Morgan fingerprint density at radius 2 is 2.53 bits per heavy atom. The van der Waals surface area contributed by atoms with Gasteiger partial charge in [-0.05, 0) is 0 Å². The molecule has 1 aliphatic heterocycles. The highest BCUT2D eigenvalue weighted by atomic mass is 16.6. The van der Waals surface area contributed by atoms with Crippen molar-refractivity contribution in [2.45, 2.75) is 6.10 Å². The number of amides is 1. The predicted octanol–water partition coefficient (Wildman–Crippen LogP) is -1.00. The van der Waals surface area contributed by atoms with Crippen LogP contribution in [0.4, 0.5) is 0 Å². The molecule has 0 aromatic carbocycles. The molecule has 0 aromatic rings. The minimum Gasteiger partial charge on any atom is -0.494 e. The van der Waals surface area contributed by atoms with Crippen LogP contribution in [0.1, 0.15) is 0 Å². The number of carbonyl (C=O) groups is 1. The van der Waals surface area contributed by atoms with E-state index in [1.165, 1.54) is 13.4 Å². The van der Waals surface area contributed by atoms with E-state index in [1.807, 2.05) is 0 Å². The van der Waals surface area contributed by atoms with Gasteiger partial charge in [-0.15, -0.1) is 0 Å². The number of aliphatic hydroxyl groups is 1. The first-order valence-corrected chi connectivity index (χ1v) is 4.64. The minimum absolute atomic E-state index is 0.118. The van der Waals surface area contributed by atoms with Gasteiger partial charge in [-0.1, -0.05) is 0 Å². The van der Waals surface area contributed by atoms with Gasteiger partial charge in [-0.25, -0.2) is 0 Å². The molecule has 0 radical (unpaired) electrons. The topological polar surface area (TPSA) is 77.0 Å². The zero-order valence-corrected chi connectivity index (χ0v) is 8.56. The van der Waals surface area contributed by atoms with Crippen LogP contribution in [0.5, 0.6) is 0 Å². The molecule has 1 rings (SSSR count). The summed E-state index contributed by atoms with van der Waals surface area (Å²) in [4.78, 5) is 11.4. The molecule has 0 spiro atoms. The first kappa shape index (κ1) is 11.8. The Bertz CT molecular complexity index is 241. The van der Waals surface area contributed by atoms with Gasteiger partial charge in [0.05, 0.1) is 12.7 Å². The van der Waals surface area contributed by atoms with E-state index < -0.39 is 12.0 Å². The van der Waals surface area contributed by atoms with Crippen molar-refractivity contribution in [3.05, 3.63) is 12.0 Å². The number of carbonyl (C=O) groups excluding carboxylic acids is 1. The third-order valence-corrected chi connectivity index (χ3v) is 1.73. The minimum atomic E-state index is -0.718. The zero-order chi connectivity index (χ0) is 11.1. The summed E-state index contributed by atoms with van der Waals surface area (Å²) >= 11 is 0. The lowest BCUT2D eigenvalue weighted by molar-refractivity contribution is -0.122. The Balaban J connectivity index is 2.26. The van der Waals surface area contributed by atoms with Crippen molar-refractivity contribution < 1.29 is 24.1 Å². The number of nitrogens with one attached hydrogen (secondary N) is 1. The van der Waals surface area contributed by atoms with E-state index in [2.05, 4.69) is 5.32 Å². The van der Waals surface area contributed by atoms with E-state index in [0.29, 0.717) is 13.2 Å². The van der Waals surface area contributed by atoms with Gasteiger partial charge in [-0.3, -0.25) is 4.79 Å². The second kappa shape index (κ2) is 6.26. The van der Waals surface area contributed by atoms with E-state index in [9.17, 15) is 9.90 Å². The van der Waals surface area contributed by atoms with Gasteiger partial charge >= 0.3 is 0 Å². The van der Waals surface area contributed by atoms with Crippen LogP contribution in [0.2, 0.25) is 0 Å². The maximum atomic E-state index is 11.4. The molecule has 1 amide bonds. The molecule has 6 nitrogen and oxygen atoms in total. The Hall–Kier alpha value is -1.27. The second-order valence-electron chi connectivity index (χ2n) is 3.02. The standard InChI is InChI=1S/C9H15NO5/c1-13-5-7(11)4-10-9(12)8-6-14-2-3-15-8/h6-7,11H,2-5H2,1H3,(H,10,12). The number of hydrogen-bond donors (Lipinski definition) is 2. The lowest BCUT2D eigenvalue weighted by Crippen LogP contribution is -2.36. The van der Waals surface area contributed by atoms with Crippen LogP contribution in [0.25, 0.3) is 0 Å². The van der Waals surface area contributed by atoms with E-state index in [-0.39, 0.29) is 18.9 Å². The second-order valence-corrected chi connectivity index (χ2v) is 3.02. The molecule has 0 saturated carbocycles. The molecule has 6 heteroatoms. The summed E-state index contributed by atoms with van der Waals surface area (Å²) in [5.74, 6) is -0.268. The number of rotatable bonds is 5. The van der Waals surface area contributed by atoms with E-state index in [1.54, 1.807) is 0 Å². The maximum Gasteiger partial charge on any atom is 0.289 e. The fourth-order valence-electron chi connectivity index (χ4n) is 1.04. The monoisotopic (exact) mass is 217 g/mol. The van der Waals surface area contributed by atoms with Crippen molar-refractivity contribution in [1.29, 1.82) is 0 Å². The normalized spacial score (nSPS) is 17.1. The third kappa shape index (κ3) is 4.18. The molecule has 0 aromatic heterocycles. The molecule has 0 fully saturated rings. The number of hydrogen-bond acceptors (Lipinski definition) is 5. The molecule has 1 heterocycles. The molecule has 0 aliphatic carbocycles. The van der Waals surface area contributed by atoms with Crippen molar-refractivity contribution in [2.75, 3.05) is 33.5 Å². The summed E-state index contributed by atoms with van der Waals surface area (Å²) in [6.07, 6.45) is 0.547. The van der Waals surface area contributed by atoms with Gasteiger partial charge < -0.3 is 24.6 Å². The van der Waals surface area contributed by atoms with Crippen LogP contribution in [0.3, 0.4) is 0 Å². The van der Waals surface area contributed by atoms with E-state index in [0.717, 1.165) is 0 Å². The first-order chi connectivity index (χ1) is 7.24. The summed E-state index contributed by atoms with van der Waals surface area (Å²) in [5.41, 5.74) is 0. The molecular formula is C9H15NO5. The van der Waals surface area contributed by atoms with Gasteiger partial charge in [0.1, 0.15) is 19.5 Å². The molecule has 1 atom stereocenters. The summed E-state index contributed by atoms with van der Waals surface area (Å²) < 4.78 is 14.7. The van der Waals surface area contributed by atoms with E-state index in [4.69, 9.17) is 14.2 Å². The molecular weight excluding hydrogens is 202 g/mol. The van der Waals surface area contributed by atoms with Gasteiger partial charge in [0, 0.05) is 13.7 Å². The average Bonchev–Trinajstić information content (AvgIpc) is 2.27. The summed E-state index contributed by atoms with van der Waals surface area (Å²) in [6, 6.07) is 0. The van der Waals surface area contributed by atoms with Gasteiger partial charge in [0.25, 0.3) is 5.91 Å². The van der Waals surface area contributed by atoms with Crippen molar-refractivity contribution in [1.82, 2.24) is 5.32 Å². The highest BCUT2D eigenvalue weighted by Gasteiger charge is 2.15. The third-order valence-electron chi connectivity index (χ3n) is 1.73. The van der Waals surface area contributed by atoms with Crippen molar-refractivity contribution in [3.8, 4) is 0 Å². The molecule has 86 valence electrons. The zero-order valence-electron chi connectivity index (χ0n) is 8.56. The van der Waals surface area contributed by atoms with Crippen LogP contribution in [0.15, 0.2) is 12.0 Å². The Morgan fingerprint density at radius 1 is 1.73 bits per heavy atom. The van der Waals surface area contributed by atoms with Crippen LogP contribution in [-0.2, 0) is 19.0 Å². The summed E-state index contributed by atoms with van der Waals surface area (Å²) in [6.45, 7) is 1.10. The highest BCUT2D eigenvalue weighted by Crippen LogP contribution is 2.03. The van der Waals surface area contributed by atoms with Crippen LogP contribution < -0.4 is 5.32 Å². The lowest BCUT2D eigenvalue weighted by atomic mass is 10.3. The van der Waals surface area contributed by atoms with Crippen molar-refractivity contribution in [2.24, 2.45) is 0 Å². The number of aliphatic hydroxyl groups excluding tert-OH is 1.